The number of alkyl halides is 1. The van der Waals surface area contributed by atoms with E-state index in [0.29, 0.717) is 41.3 Å². The van der Waals surface area contributed by atoms with Gasteiger partial charge in [-0.15, -0.1) is 0 Å². The zero-order chi connectivity index (χ0) is 29.9. The molecule has 10 heteroatoms. The fourth-order valence-electron chi connectivity index (χ4n) is 4.94. The summed E-state index contributed by atoms with van der Waals surface area (Å²) in [6.45, 7) is 0.315. The average Bonchev–Trinajstić information content (AvgIpc) is 3.32. The van der Waals surface area contributed by atoms with E-state index in [1.54, 1.807) is 43.5 Å². The number of carbonyl (C=O) groups is 1. The van der Waals surface area contributed by atoms with Gasteiger partial charge in [-0.05, 0) is 53.6 Å². The first-order valence-corrected chi connectivity index (χ1v) is 13.2. The summed E-state index contributed by atoms with van der Waals surface area (Å²) in [4.78, 5) is 16.3. The summed E-state index contributed by atoms with van der Waals surface area (Å²) in [6.07, 6.45) is 3.35. The SMILES string of the molecule is COCCn1c(CC2=CC=C(c3ccc(N)cc3)CC2(F)OCc2ccc(C#N)cc2F)nc2ccc(C(=O)O)cc21. The number of nitriles is 1. The summed E-state index contributed by atoms with van der Waals surface area (Å²) < 4.78 is 44.6. The number of rotatable bonds is 10. The Bertz CT molecular complexity index is 1750. The first-order chi connectivity index (χ1) is 20.2. The number of carboxylic acid groups (broad SMARTS) is 1. The normalized spacial score (nSPS) is 16.6. The monoisotopic (exact) mass is 570 g/mol. The second kappa shape index (κ2) is 11.9. The Labute approximate surface area is 240 Å². The quantitative estimate of drug-likeness (QED) is 0.231. The molecule has 4 aromatic rings. The van der Waals surface area contributed by atoms with E-state index < -0.39 is 17.6 Å². The van der Waals surface area contributed by atoms with Gasteiger partial charge in [0.25, 0.3) is 0 Å². The maximum absolute atomic E-state index is 17.0. The number of halogens is 2. The maximum Gasteiger partial charge on any atom is 0.335 e. The number of nitrogens with zero attached hydrogens (tertiary/aromatic N) is 3. The molecule has 3 N–H and O–H groups in total. The van der Waals surface area contributed by atoms with Gasteiger partial charge >= 0.3 is 5.97 Å². The summed E-state index contributed by atoms with van der Waals surface area (Å²) in [5.74, 6) is -3.57. The molecule has 0 saturated carbocycles. The minimum atomic E-state index is -2.33. The number of benzene rings is 3. The molecule has 0 bridgehead atoms. The molecule has 1 aliphatic carbocycles. The third-order valence-electron chi connectivity index (χ3n) is 7.24. The average molecular weight is 571 g/mol. The van der Waals surface area contributed by atoms with Crippen LogP contribution >= 0.6 is 0 Å². The lowest BCUT2D eigenvalue weighted by molar-refractivity contribution is -0.123. The van der Waals surface area contributed by atoms with Crippen molar-refractivity contribution in [2.45, 2.75) is 31.8 Å². The molecule has 8 nitrogen and oxygen atoms in total. The molecule has 3 aromatic carbocycles. The van der Waals surface area contributed by atoms with Gasteiger partial charge in [0.2, 0.25) is 5.85 Å². The Balaban J connectivity index is 1.53. The van der Waals surface area contributed by atoms with E-state index in [1.165, 1.54) is 24.3 Å². The summed E-state index contributed by atoms with van der Waals surface area (Å²) in [7, 11) is 1.55. The zero-order valence-electron chi connectivity index (χ0n) is 22.8. The number of ether oxygens (including phenoxy) is 2. The Morgan fingerprint density at radius 3 is 2.64 bits per heavy atom. The van der Waals surface area contributed by atoms with Gasteiger partial charge in [0.1, 0.15) is 11.6 Å². The Morgan fingerprint density at radius 2 is 1.95 bits per heavy atom. The van der Waals surface area contributed by atoms with Crippen LogP contribution in [0.2, 0.25) is 0 Å². The van der Waals surface area contributed by atoms with E-state index in [0.717, 1.165) is 11.6 Å². The van der Waals surface area contributed by atoms with E-state index in [9.17, 15) is 14.3 Å². The fraction of sp³-hybridized carbons (Fsp3) is 0.219. The van der Waals surface area contributed by atoms with Crippen LogP contribution in [-0.2, 0) is 29.0 Å². The maximum atomic E-state index is 17.0. The molecule has 0 spiro atoms. The van der Waals surface area contributed by atoms with Crippen LogP contribution in [0.1, 0.15) is 39.3 Å². The number of imidazole rings is 1. The smallest absolute Gasteiger partial charge is 0.335 e. The Kier molecular flexibility index (Phi) is 8.15. The highest BCUT2D eigenvalue weighted by molar-refractivity contribution is 5.92. The van der Waals surface area contributed by atoms with Gasteiger partial charge in [-0.3, -0.25) is 0 Å². The molecule has 1 heterocycles. The number of anilines is 1. The number of fused-ring (bicyclic) bond motifs is 1. The van der Waals surface area contributed by atoms with Crippen molar-refractivity contribution < 1.29 is 28.2 Å². The summed E-state index contributed by atoms with van der Waals surface area (Å²) >= 11 is 0. The van der Waals surface area contributed by atoms with Crippen LogP contribution in [0.3, 0.4) is 0 Å². The number of allylic oxidation sites excluding steroid dienone is 2. The lowest BCUT2D eigenvalue weighted by Gasteiger charge is -2.32. The highest BCUT2D eigenvalue weighted by atomic mass is 19.2. The lowest BCUT2D eigenvalue weighted by atomic mass is 9.87. The van der Waals surface area contributed by atoms with E-state index >= 15 is 4.39 Å². The first kappa shape index (κ1) is 28.7. The summed E-state index contributed by atoms with van der Waals surface area (Å²) in [5, 5.41) is 18.6. The largest absolute Gasteiger partial charge is 0.478 e. The van der Waals surface area contributed by atoms with E-state index in [-0.39, 0.29) is 41.7 Å². The number of carboxylic acids is 1. The molecule has 0 radical (unpaired) electrons. The molecule has 5 rings (SSSR count). The van der Waals surface area contributed by atoms with Crippen molar-refractivity contribution in [1.29, 1.82) is 5.26 Å². The van der Waals surface area contributed by atoms with Gasteiger partial charge in [-0.2, -0.15) is 5.26 Å². The van der Waals surface area contributed by atoms with Gasteiger partial charge < -0.3 is 24.9 Å². The number of nitrogens with two attached hydrogens (primary N) is 1. The Hall–Kier alpha value is -4.85. The molecule has 1 atom stereocenters. The molecular weight excluding hydrogens is 542 g/mol. The summed E-state index contributed by atoms with van der Waals surface area (Å²) in [6, 6.07) is 17.5. The van der Waals surface area contributed by atoms with Crippen LogP contribution in [0, 0.1) is 17.1 Å². The zero-order valence-corrected chi connectivity index (χ0v) is 22.8. The van der Waals surface area contributed by atoms with Crippen LogP contribution in [0.15, 0.2) is 78.4 Å². The second-order valence-corrected chi connectivity index (χ2v) is 9.98. The van der Waals surface area contributed by atoms with Gasteiger partial charge in [0.05, 0.1) is 41.4 Å². The second-order valence-electron chi connectivity index (χ2n) is 9.98. The molecule has 0 saturated heterocycles. The number of hydrogen-bond acceptors (Lipinski definition) is 6. The minimum absolute atomic E-state index is 0.0403. The van der Waals surface area contributed by atoms with E-state index in [4.69, 9.17) is 25.5 Å². The minimum Gasteiger partial charge on any atom is -0.478 e. The molecule has 0 amide bonds. The van der Waals surface area contributed by atoms with Crippen LogP contribution < -0.4 is 5.73 Å². The Morgan fingerprint density at radius 1 is 1.17 bits per heavy atom. The third-order valence-corrected chi connectivity index (χ3v) is 7.24. The predicted octanol–water partition coefficient (Wildman–Crippen LogP) is 5.81. The molecule has 214 valence electrons. The molecule has 1 aliphatic rings. The molecular formula is C32H28F2N4O4. The van der Waals surface area contributed by atoms with Crippen LogP contribution in [-0.4, -0.2) is 40.2 Å². The van der Waals surface area contributed by atoms with Gasteiger partial charge in [0, 0.05) is 43.3 Å². The van der Waals surface area contributed by atoms with Crippen LogP contribution in [0.5, 0.6) is 0 Å². The third kappa shape index (κ3) is 5.93. The highest BCUT2D eigenvalue weighted by Crippen LogP contribution is 2.41. The van der Waals surface area contributed by atoms with Crippen molar-refractivity contribution in [2.75, 3.05) is 19.5 Å². The number of nitrogen functional groups attached to an aromatic ring is 1. The van der Waals surface area contributed by atoms with Gasteiger partial charge in [-0.25, -0.2) is 18.6 Å². The number of hydrogen-bond donors (Lipinski definition) is 2. The van der Waals surface area contributed by atoms with Crippen molar-refractivity contribution in [3.8, 4) is 6.07 Å². The summed E-state index contributed by atoms with van der Waals surface area (Å²) in [5.41, 5.74) is 9.63. The molecule has 1 unspecified atom stereocenters. The molecule has 0 aliphatic heterocycles. The molecule has 1 aromatic heterocycles. The van der Waals surface area contributed by atoms with Gasteiger partial charge in [0.15, 0.2) is 0 Å². The van der Waals surface area contributed by atoms with Crippen LogP contribution in [0.25, 0.3) is 16.6 Å². The van der Waals surface area contributed by atoms with Crippen molar-refractivity contribution in [3.05, 3.63) is 112 Å². The molecule has 42 heavy (non-hydrogen) atoms. The van der Waals surface area contributed by atoms with E-state index in [1.807, 2.05) is 16.7 Å². The number of aromatic carboxylic acids is 1. The van der Waals surface area contributed by atoms with Crippen molar-refractivity contribution in [2.24, 2.45) is 0 Å². The van der Waals surface area contributed by atoms with Crippen LogP contribution in [0.4, 0.5) is 14.5 Å². The predicted molar refractivity (Wildman–Crippen MR) is 154 cm³/mol. The van der Waals surface area contributed by atoms with Crippen molar-refractivity contribution in [1.82, 2.24) is 9.55 Å². The van der Waals surface area contributed by atoms with E-state index in [2.05, 4.69) is 0 Å². The number of aromatic nitrogens is 2. The standard InChI is InChI=1S/C32H28F2N4O4/c1-41-13-12-38-29-15-22(31(39)40)7-11-28(29)37-30(38)16-25-8-4-23(21-5-9-26(36)10-6-21)17-32(25,34)42-19-24-3-2-20(18-35)14-27(24)33/h2-11,14-15H,12-13,16-17,19,36H2,1H3,(H,39,40). The van der Waals surface area contributed by atoms with Crippen molar-refractivity contribution >= 4 is 28.3 Å². The highest BCUT2D eigenvalue weighted by Gasteiger charge is 2.39. The fourth-order valence-corrected chi connectivity index (χ4v) is 4.94. The first-order valence-electron chi connectivity index (χ1n) is 13.2. The number of methoxy groups -OCH3 is 1. The molecule has 0 fully saturated rings. The lowest BCUT2D eigenvalue weighted by Crippen LogP contribution is -2.33. The van der Waals surface area contributed by atoms with Gasteiger partial charge in [-0.1, -0.05) is 30.4 Å². The van der Waals surface area contributed by atoms with Crippen molar-refractivity contribution in [3.63, 3.8) is 0 Å². The topological polar surface area (TPSA) is 123 Å².